The minimum absolute atomic E-state index is 0.116. The zero-order valence-corrected chi connectivity index (χ0v) is 19.4. The van der Waals surface area contributed by atoms with Crippen LogP contribution < -0.4 is 10.6 Å². The molecule has 0 spiro atoms. The molecule has 0 aliphatic carbocycles. The van der Waals surface area contributed by atoms with Gasteiger partial charge < -0.3 is 20.5 Å². The Kier molecular flexibility index (Phi) is 6.29. The number of likely N-dealkylation sites (N-methyl/N-ethyl adjacent to an activating group) is 1. The summed E-state index contributed by atoms with van der Waals surface area (Å²) in [4.78, 5) is 29.4. The Morgan fingerprint density at radius 1 is 1.25 bits per heavy atom. The van der Waals surface area contributed by atoms with Gasteiger partial charge in [0.1, 0.15) is 17.9 Å². The molecule has 4 aromatic rings. The third kappa shape index (κ3) is 4.48. The number of rotatable bonds is 6. The van der Waals surface area contributed by atoms with Crippen molar-refractivity contribution in [2.75, 3.05) is 12.4 Å². The number of aliphatic hydroxyl groups is 1. The number of anilines is 1. The van der Waals surface area contributed by atoms with Gasteiger partial charge in [-0.2, -0.15) is 0 Å². The van der Waals surface area contributed by atoms with Crippen molar-refractivity contribution < 1.29 is 23.4 Å². The van der Waals surface area contributed by atoms with E-state index in [4.69, 9.17) is 4.74 Å². The Balaban J connectivity index is 1.56. The van der Waals surface area contributed by atoms with E-state index in [0.29, 0.717) is 28.1 Å². The van der Waals surface area contributed by atoms with Crippen molar-refractivity contribution in [3.63, 3.8) is 0 Å². The van der Waals surface area contributed by atoms with E-state index in [9.17, 15) is 18.7 Å². The summed E-state index contributed by atoms with van der Waals surface area (Å²) in [5.41, 5.74) is 2.35. The van der Waals surface area contributed by atoms with Gasteiger partial charge in [-0.1, -0.05) is 17.7 Å². The molecule has 3 aromatic heterocycles. The highest BCUT2D eigenvalue weighted by Crippen LogP contribution is 2.33. The molecule has 0 unspecified atom stereocenters. The maximum absolute atomic E-state index is 14.3. The standard InChI is InChI=1S/C24H23F2N7O3/c1-12-3-4-16(26)13(5-12)9-29-22-19-23(32-21(31-22)14-6-15(25)10-28-8-14)33(11-30-19)18-7-17(34)20(36-18)24(35)27-2/h3-6,8,10-11,17-18,20,34H,7,9H2,1-2H3,(H,27,35)(H,29,31,32)/t17-,18+,20-/m0/s1. The van der Waals surface area contributed by atoms with Crippen LogP contribution in [-0.2, 0) is 16.1 Å². The Morgan fingerprint density at radius 3 is 2.86 bits per heavy atom. The normalized spacial score (nSPS) is 19.5. The molecule has 1 fully saturated rings. The molecule has 1 saturated heterocycles. The molecule has 186 valence electrons. The number of fused-ring (bicyclic) bond motifs is 1. The molecular weight excluding hydrogens is 472 g/mol. The molecule has 0 bridgehead atoms. The smallest absolute Gasteiger partial charge is 0.251 e. The number of carbonyl (C=O) groups excluding carboxylic acids is 1. The number of pyridine rings is 1. The highest BCUT2D eigenvalue weighted by molar-refractivity contribution is 5.85. The minimum Gasteiger partial charge on any atom is -0.390 e. The number of ether oxygens (including phenoxy) is 1. The topological polar surface area (TPSA) is 127 Å². The van der Waals surface area contributed by atoms with E-state index in [1.54, 1.807) is 16.7 Å². The highest BCUT2D eigenvalue weighted by Gasteiger charge is 2.40. The lowest BCUT2D eigenvalue weighted by atomic mass is 10.1. The summed E-state index contributed by atoms with van der Waals surface area (Å²) in [6.45, 7) is 1.98. The van der Waals surface area contributed by atoms with Crippen LogP contribution in [0, 0.1) is 18.6 Å². The number of imidazole rings is 1. The molecule has 0 radical (unpaired) electrons. The molecule has 5 rings (SSSR count). The Hall–Kier alpha value is -4.03. The number of amides is 1. The summed E-state index contributed by atoms with van der Waals surface area (Å²) in [5, 5.41) is 15.9. The van der Waals surface area contributed by atoms with Gasteiger partial charge in [0.25, 0.3) is 5.91 Å². The maximum Gasteiger partial charge on any atom is 0.251 e. The van der Waals surface area contributed by atoms with E-state index < -0.39 is 30.2 Å². The third-order valence-corrected chi connectivity index (χ3v) is 5.94. The summed E-state index contributed by atoms with van der Waals surface area (Å²) in [6, 6.07) is 6.05. The first-order valence-electron chi connectivity index (χ1n) is 11.2. The van der Waals surface area contributed by atoms with E-state index in [-0.39, 0.29) is 24.6 Å². The number of aromatic nitrogens is 5. The molecule has 36 heavy (non-hydrogen) atoms. The van der Waals surface area contributed by atoms with Crippen LogP contribution in [-0.4, -0.2) is 54.8 Å². The van der Waals surface area contributed by atoms with Crippen molar-refractivity contribution in [2.24, 2.45) is 0 Å². The fourth-order valence-corrected chi connectivity index (χ4v) is 4.14. The van der Waals surface area contributed by atoms with Gasteiger partial charge in [0.15, 0.2) is 28.9 Å². The van der Waals surface area contributed by atoms with Crippen LogP contribution in [0.25, 0.3) is 22.6 Å². The summed E-state index contributed by atoms with van der Waals surface area (Å²) in [7, 11) is 1.46. The molecule has 1 aliphatic heterocycles. The first-order valence-corrected chi connectivity index (χ1v) is 11.2. The van der Waals surface area contributed by atoms with Crippen molar-refractivity contribution in [1.82, 2.24) is 29.8 Å². The van der Waals surface area contributed by atoms with E-state index in [1.165, 1.54) is 31.7 Å². The van der Waals surface area contributed by atoms with Crippen molar-refractivity contribution in [3.05, 3.63) is 65.7 Å². The van der Waals surface area contributed by atoms with E-state index >= 15 is 0 Å². The largest absolute Gasteiger partial charge is 0.390 e. The molecule has 0 saturated carbocycles. The summed E-state index contributed by atoms with van der Waals surface area (Å²) in [6.07, 6.45) is 1.28. The van der Waals surface area contributed by atoms with Crippen LogP contribution in [0.3, 0.4) is 0 Å². The predicted molar refractivity (Wildman–Crippen MR) is 126 cm³/mol. The average molecular weight is 495 g/mol. The number of hydrogen-bond acceptors (Lipinski definition) is 8. The lowest BCUT2D eigenvalue weighted by Gasteiger charge is -2.15. The number of halogens is 2. The molecule has 10 nitrogen and oxygen atoms in total. The summed E-state index contributed by atoms with van der Waals surface area (Å²) in [5.74, 6) is -0.924. The van der Waals surface area contributed by atoms with Crippen LogP contribution in [0.2, 0.25) is 0 Å². The number of aryl methyl sites for hydroxylation is 1. The van der Waals surface area contributed by atoms with Crippen LogP contribution in [0.5, 0.6) is 0 Å². The second kappa shape index (κ2) is 9.55. The van der Waals surface area contributed by atoms with Gasteiger partial charge in [-0.3, -0.25) is 14.3 Å². The first kappa shape index (κ1) is 23.7. The zero-order chi connectivity index (χ0) is 25.4. The molecule has 1 amide bonds. The molecular formula is C24H23F2N7O3. The number of nitrogens with one attached hydrogen (secondary N) is 2. The second-order valence-corrected chi connectivity index (χ2v) is 8.49. The maximum atomic E-state index is 14.3. The van der Waals surface area contributed by atoms with E-state index in [2.05, 4.69) is 30.6 Å². The molecule has 3 atom stereocenters. The van der Waals surface area contributed by atoms with Crippen LogP contribution in [0.1, 0.15) is 23.8 Å². The van der Waals surface area contributed by atoms with Crippen molar-refractivity contribution in [3.8, 4) is 11.4 Å². The summed E-state index contributed by atoms with van der Waals surface area (Å²) >= 11 is 0. The van der Waals surface area contributed by atoms with Crippen LogP contribution in [0.15, 0.2) is 43.0 Å². The molecule has 1 aliphatic rings. The Labute approximate surface area is 204 Å². The first-order chi connectivity index (χ1) is 17.3. The van der Waals surface area contributed by atoms with E-state index in [1.807, 2.05) is 6.92 Å². The fraction of sp³-hybridized carbons (Fsp3) is 0.292. The minimum atomic E-state index is -1.05. The van der Waals surface area contributed by atoms with Gasteiger partial charge in [-0.05, 0) is 19.1 Å². The lowest BCUT2D eigenvalue weighted by Crippen LogP contribution is -2.38. The quantitative estimate of drug-likeness (QED) is 0.372. The summed E-state index contributed by atoms with van der Waals surface area (Å²) < 4.78 is 35.6. The predicted octanol–water partition coefficient (Wildman–Crippen LogP) is 2.48. The zero-order valence-electron chi connectivity index (χ0n) is 19.4. The Bertz CT molecular complexity index is 1440. The molecule has 12 heteroatoms. The number of aliphatic hydroxyl groups excluding tert-OH is 1. The van der Waals surface area contributed by atoms with Crippen LogP contribution in [0.4, 0.5) is 14.6 Å². The number of carbonyl (C=O) groups is 1. The van der Waals surface area contributed by atoms with E-state index in [0.717, 1.165) is 11.8 Å². The Morgan fingerprint density at radius 2 is 2.08 bits per heavy atom. The molecule has 1 aromatic carbocycles. The monoisotopic (exact) mass is 495 g/mol. The van der Waals surface area contributed by atoms with Gasteiger partial charge in [-0.15, -0.1) is 0 Å². The highest BCUT2D eigenvalue weighted by atomic mass is 19.1. The number of hydrogen-bond donors (Lipinski definition) is 3. The van der Waals surface area contributed by atoms with Gasteiger partial charge >= 0.3 is 0 Å². The second-order valence-electron chi connectivity index (χ2n) is 8.49. The van der Waals surface area contributed by atoms with Crippen LogP contribution >= 0.6 is 0 Å². The SMILES string of the molecule is CNC(=O)[C@H]1O[C@@H](n2cnc3c(NCc4cc(C)ccc4F)nc(-c4cncc(F)c4)nc32)C[C@@H]1O. The third-order valence-electron chi connectivity index (χ3n) is 5.94. The lowest BCUT2D eigenvalue weighted by molar-refractivity contribution is -0.137. The van der Waals surface area contributed by atoms with Gasteiger partial charge in [0.05, 0.1) is 18.6 Å². The van der Waals surface area contributed by atoms with Gasteiger partial charge in [-0.25, -0.2) is 23.7 Å². The molecule has 4 heterocycles. The van der Waals surface area contributed by atoms with Gasteiger partial charge in [0.2, 0.25) is 0 Å². The van der Waals surface area contributed by atoms with Crippen molar-refractivity contribution in [1.29, 1.82) is 0 Å². The average Bonchev–Trinajstić information content (AvgIpc) is 3.47. The van der Waals surface area contributed by atoms with Gasteiger partial charge in [0, 0.05) is 37.3 Å². The van der Waals surface area contributed by atoms with Crippen molar-refractivity contribution in [2.45, 2.75) is 38.3 Å². The van der Waals surface area contributed by atoms with Crippen molar-refractivity contribution >= 4 is 22.9 Å². The fourth-order valence-electron chi connectivity index (χ4n) is 4.14. The number of benzene rings is 1. The number of nitrogens with zero attached hydrogens (tertiary/aromatic N) is 5. The molecule has 3 N–H and O–H groups in total.